The third-order valence-electron chi connectivity index (χ3n) is 3.48. The molecule has 1 N–H and O–H groups in total. The summed E-state index contributed by atoms with van der Waals surface area (Å²) in [4.78, 5) is 19.5. The SMILES string of the molecule is Cc1nccn1-c1nc(-c2ccc(Cl)c(Cl)c2)c(CCC(=O)O)o1. The van der Waals surface area contributed by atoms with Crippen molar-refractivity contribution in [1.29, 1.82) is 0 Å². The van der Waals surface area contributed by atoms with Crippen molar-refractivity contribution in [3.63, 3.8) is 0 Å². The van der Waals surface area contributed by atoms with E-state index in [2.05, 4.69) is 9.97 Å². The standard InChI is InChI=1S/C16H13Cl2N3O3/c1-9-19-6-7-21(9)16-20-15(13(24-16)4-5-14(22)23)10-2-3-11(17)12(18)8-10/h2-3,6-8H,4-5H2,1H3,(H,22,23). The van der Waals surface area contributed by atoms with E-state index in [4.69, 9.17) is 32.7 Å². The van der Waals surface area contributed by atoms with Crippen LogP contribution < -0.4 is 0 Å². The molecular formula is C16H13Cl2N3O3. The number of halogens is 2. The van der Waals surface area contributed by atoms with Gasteiger partial charge in [0.2, 0.25) is 0 Å². The number of nitrogens with zero attached hydrogens (tertiary/aromatic N) is 3. The molecule has 2 heterocycles. The fourth-order valence-corrected chi connectivity index (χ4v) is 2.58. The number of benzene rings is 1. The number of carbonyl (C=O) groups is 1. The molecule has 2 aromatic heterocycles. The lowest BCUT2D eigenvalue weighted by Gasteiger charge is -2.02. The Kier molecular flexibility index (Phi) is 4.59. The molecule has 124 valence electrons. The molecule has 0 aliphatic rings. The van der Waals surface area contributed by atoms with Crippen molar-refractivity contribution in [3.8, 4) is 17.3 Å². The van der Waals surface area contributed by atoms with E-state index in [0.717, 1.165) is 0 Å². The fraction of sp³-hybridized carbons (Fsp3) is 0.188. The van der Waals surface area contributed by atoms with Gasteiger partial charge < -0.3 is 9.52 Å². The minimum Gasteiger partial charge on any atom is -0.481 e. The molecular weight excluding hydrogens is 353 g/mol. The maximum absolute atomic E-state index is 10.9. The molecule has 24 heavy (non-hydrogen) atoms. The van der Waals surface area contributed by atoms with Crippen LogP contribution in [0, 0.1) is 6.92 Å². The lowest BCUT2D eigenvalue weighted by molar-refractivity contribution is -0.137. The molecule has 0 aliphatic carbocycles. The van der Waals surface area contributed by atoms with Crippen molar-refractivity contribution in [2.75, 3.05) is 0 Å². The summed E-state index contributed by atoms with van der Waals surface area (Å²) in [5, 5.41) is 9.76. The maximum atomic E-state index is 10.9. The molecule has 0 radical (unpaired) electrons. The Bertz CT molecular complexity index is 902. The summed E-state index contributed by atoms with van der Waals surface area (Å²) in [5.74, 6) is 0.271. The summed E-state index contributed by atoms with van der Waals surface area (Å²) < 4.78 is 7.47. The van der Waals surface area contributed by atoms with Crippen LogP contribution in [0.25, 0.3) is 17.3 Å². The molecule has 3 rings (SSSR count). The first-order valence-corrected chi connectivity index (χ1v) is 7.88. The summed E-state index contributed by atoms with van der Waals surface area (Å²) in [6.07, 6.45) is 3.51. The van der Waals surface area contributed by atoms with Gasteiger partial charge in [-0.1, -0.05) is 29.3 Å². The third-order valence-corrected chi connectivity index (χ3v) is 4.22. The smallest absolute Gasteiger partial charge is 0.307 e. The van der Waals surface area contributed by atoms with Gasteiger partial charge in [-0.25, -0.2) is 4.98 Å². The van der Waals surface area contributed by atoms with Gasteiger partial charge in [0.1, 0.15) is 17.3 Å². The Morgan fingerprint density at radius 2 is 2.12 bits per heavy atom. The van der Waals surface area contributed by atoms with Crippen molar-refractivity contribution >= 4 is 29.2 Å². The van der Waals surface area contributed by atoms with Gasteiger partial charge in [-0.3, -0.25) is 9.36 Å². The monoisotopic (exact) mass is 365 g/mol. The molecule has 0 saturated carbocycles. The van der Waals surface area contributed by atoms with E-state index in [1.807, 2.05) is 6.92 Å². The number of aryl methyl sites for hydroxylation is 2. The first-order valence-electron chi connectivity index (χ1n) is 7.13. The van der Waals surface area contributed by atoms with Gasteiger partial charge in [0.15, 0.2) is 0 Å². The zero-order valence-electron chi connectivity index (χ0n) is 12.7. The Hall–Kier alpha value is -2.31. The molecule has 1 aromatic carbocycles. The second-order valence-electron chi connectivity index (χ2n) is 5.14. The number of aliphatic carboxylic acids is 1. The zero-order valence-corrected chi connectivity index (χ0v) is 14.2. The molecule has 0 unspecified atom stereocenters. The van der Waals surface area contributed by atoms with Crippen molar-refractivity contribution in [2.45, 2.75) is 19.8 Å². The number of oxazole rings is 1. The van der Waals surface area contributed by atoms with Gasteiger partial charge in [0.05, 0.1) is 16.5 Å². The first-order chi connectivity index (χ1) is 11.5. The Balaban J connectivity index is 2.08. The predicted molar refractivity (Wildman–Crippen MR) is 89.8 cm³/mol. The highest BCUT2D eigenvalue weighted by molar-refractivity contribution is 6.42. The first kappa shape index (κ1) is 16.5. The quantitative estimate of drug-likeness (QED) is 0.733. The van der Waals surface area contributed by atoms with Crippen molar-refractivity contribution in [2.24, 2.45) is 0 Å². The van der Waals surface area contributed by atoms with Crippen LogP contribution in [0.2, 0.25) is 10.0 Å². The van der Waals surface area contributed by atoms with E-state index >= 15 is 0 Å². The highest BCUT2D eigenvalue weighted by Crippen LogP contribution is 2.32. The van der Waals surface area contributed by atoms with Crippen LogP contribution in [-0.4, -0.2) is 25.6 Å². The average Bonchev–Trinajstić information content (AvgIpc) is 3.14. The molecule has 0 fully saturated rings. The second kappa shape index (κ2) is 6.67. The Morgan fingerprint density at radius 1 is 1.33 bits per heavy atom. The molecule has 0 atom stereocenters. The number of carboxylic acid groups (broad SMARTS) is 1. The van der Waals surface area contributed by atoms with Gasteiger partial charge in [-0.2, -0.15) is 4.98 Å². The van der Waals surface area contributed by atoms with Crippen molar-refractivity contribution in [3.05, 3.63) is 52.2 Å². The van der Waals surface area contributed by atoms with Gasteiger partial charge in [-0.15, -0.1) is 0 Å². The van der Waals surface area contributed by atoms with Gasteiger partial charge in [0, 0.05) is 24.4 Å². The third kappa shape index (κ3) is 3.29. The molecule has 8 heteroatoms. The lowest BCUT2D eigenvalue weighted by Crippen LogP contribution is -1.97. The number of rotatable bonds is 5. The average molecular weight is 366 g/mol. The van der Waals surface area contributed by atoms with Crippen LogP contribution in [0.3, 0.4) is 0 Å². The number of hydrogen-bond donors (Lipinski definition) is 1. The molecule has 0 amide bonds. The second-order valence-corrected chi connectivity index (χ2v) is 5.95. The summed E-state index contributed by atoms with van der Waals surface area (Å²) in [7, 11) is 0. The van der Waals surface area contributed by atoms with Crippen LogP contribution >= 0.6 is 23.2 Å². The Morgan fingerprint density at radius 3 is 2.75 bits per heavy atom. The van der Waals surface area contributed by atoms with E-state index < -0.39 is 5.97 Å². The normalized spacial score (nSPS) is 11.0. The predicted octanol–water partition coefficient (Wildman–Crippen LogP) is 4.16. The lowest BCUT2D eigenvalue weighted by atomic mass is 10.1. The van der Waals surface area contributed by atoms with Crippen LogP contribution in [0.1, 0.15) is 18.0 Å². The fourth-order valence-electron chi connectivity index (χ4n) is 2.28. The summed E-state index contributed by atoms with van der Waals surface area (Å²) in [5.41, 5.74) is 1.25. The summed E-state index contributed by atoms with van der Waals surface area (Å²) in [6.45, 7) is 1.82. The van der Waals surface area contributed by atoms with Crippen LogP contribution in [0.15, 0.2) is 35.0 Å². The van der Waals surface area contributed by atoms with E-state index in [1.54, 1.807) is 35.2 Å². The highest BCUT2D eigenvalue weighted by atomic mass is 35.5. The molecule has 0 bridgehead atoms. The molecule has 6 nitrogen and oxygen atoms in total. The topological polar surface area (TPSA) is 81.2 Å². The van der Waals surface area contributed by atoms with Gasteiger partial charge >= 0.3 is 12.0 Å². The van der Waals surface area contributed by atoms with Gasteiger partial charge in [0.25, 0.3) is 0 Å². The summed E-state index contributed by atoms with van der Waals surface area (Å²) in [6, 6.07) is 5.43. The molecule has 3 aromatic rings. The van der Waals surface area contributed by atoms with Crippen LogP contribution in [0.4, 0.5) is 0 Å². The number of carboxylic acids is 1. The minimum absolute atomic E-state index is 0.0636. The zero-order chi connectivity index (χ0) is 17.3. The number of imidazole rings is 1. The summed E-state index contributed by atoms with van der Waals surface area (Å²) >= 11 is 12.0. The van der Waals surface area contributed by atoms with E-state index in [0.29, 0.717) is 38.9 Å². The van der Waals surface area contributed by atoms with Crippen LogP contribution in [-0.2, 0) is 11.2 Å². The van der Waals surface area contributed by atoms with E-state index in [1.165, 1.54) is 0 Å². The maximum Gasteiger partial charge on any atom is 0.307 e. The molecule has 0 spiro atoms. The number of hydrogen-bond acceptors (Lipinski definition) is 4. The van der Waals surface area contributed by atoms with Crippen molar-refractivity contribution < 1.29 is 14.3 Å². The van der Waals surface area contributed by atoms with Crippen molar-refractivity contribution in [1.82, 2.24) is 14.5 Å². The number of aromatic nitrogens is 3. The largest absolute Gasteiger partial charge is 0.481 e. The molecule has 0 saturated heterocycles. The van der Waals surface area contributed by atoms with Crippen LogP contribution in [0.5, 0.6) is 0 Å². The molecule has 0 aliphatic heterocycles. The van der Waals surface area contributed by atoms with E-state index in [9.17, 15) is 4.79 Å². The minimum atomic E-state index is -0.910. The Labute approximate surface area is 147 Å². The highest BCUT2D eigenvalue weighted by Gasteiger charge is 2.18. The van der Waals surface area contributed by atoms with Gasteiger partial charge in [-0.05, 0) is 19.1 Å². The van der Waals surface area contributed by atoms with E-state index in [-0.39, 0.29) is 12.8 Å².